The lowest BCUT2D eigenvalue weighted by Gasteiger charge is -2.20. The molecule has 1 aliphatic rings. The standard InChI is InChI=1S/C7H9N.C6H13NO/c1-6-2-4-7(8)5-3-6;1-7-6-3-2-4-8-5-6/h2-5H,8H2,1H3;6-7H,2-5H2,1H3. The maximum atomic E-state index is 5.43. The van der Waals surface area contributed by atoms with E-state index in [-0.39, 0.29) is 0 Å². The number of likely N-dealkylation sites (N-methyl/N-ethyl adjacent to an activating group) is 1. The van der Waals surface area contributed by atoms with Crippen LogP contribution in [0, 0.1) is 6.92 Å². The summed E-state index contributed by atoms with van der Waals surface area (Å²) in [4.78, 5) is 0. The maximum absolute atomic E-state index is 5.43. The van der Waals surface area contributed by atoms with Gasteiger partial charge in [0, 0.05) is 18.3 Å². The largest absolute Gasteiger partial charge is 0.399 e. The second-order valence-corrected chi connectivity index (χ2v) is 4.11. The molecular formula is C13H22N2O. The molecule has 3 nitrogen and oxygen atoms in total. The highest BCUT2D eigenvalue weighted by atomic mass is 16.5. The van der Waals surface area contributed by atoms with Crippen molar-refractivity contribution in [3.8, 4) is 0 Å². The van der Waals surface area contributed by atoms with Gasteiger partial charge in [0.1, 0.15) is 0 Å². The zero-order chi connectivity index (χ0) is 11.8. The molecule has 16 heavy (non-hydrogen) atoms. The summed E-state index contributed by atoms with van der Waals surface area (Å²) in [6.07, 6.45) is 2.49. The number of nitrogens with two attached hydrogens (primary N) is 1. The Balaban J connectivity index is 0.000000160. The van der Waals surface area contributed by atoms with Gasteiger partial charge >= 0.3 is 0 Å². The normalized spacial score (nSPS) is 19.8. The Morgan fingerprint density at radius 1 is 1.31 bits per heavy atom. The van der Waals surface area contributed by atoms with E-state index in [0.29, 0.717) is 6.04 Å². The molecule has 1 saturated heterocycles. The van der Waals surface area contributed by atoms with Crippen LogP contribution in [0.4, 0.5) is 5.69 Å². The molecule has 0 aromatic heterocycles. The number of rotatable bonds is 1. The lowest BCUT2D eigenvalue weighted by molar-refractivity contribution is 0.0730. The highest BCUT2D eigenvalue weighted by Crippen LogP contribution is 2.04. The van der Waals surface area contributed by atoms with Crippen LogP contribution in [0.3, 0.4) is 0 Å². The zero-order valence-corrected chi connectivity index (χ0v) is 10.2. The predicted molar refractivity (Wildman–Crippen MR) is 68.5 cm³/mol. The van der Waals surface area contributed by atoms with Crippen LogP contribution in [0.2, 0.25) is 0 Å². The molecule has 0 amide bonds. The van der Waals surface area contributed by atoms with Crippen molar-refractivity contribution >= 4 is 5.69 Å². The predicted octanol–water partition coefficient (Wildman–Crippen LogP) is 1.96. The third-order valence-corrected chi connectivity index (χ3v) is 2.65. The summed E-state index contributed by atoms with van der Waals surface area (Å²) in [6, 6.07) is 8.40. The van der Waals surface area contributed by atoms with Gasteiger partial charge in [-0.25, -0.2) is 0 Å². The van der Waals surface area contributed by atoms with Crippen LogP contribution in [-0.2, 0) is 4.74 Å². The van der Waals surface area contributed by atoms with Crippen LogP contribution >= 0.6 is 0 Å². The Bertz CT molecular complexity index is 257. The van der Waals surface area contributed by atoms with Crippen molar-refractivity contribution in [2.75, 3.05) is 26.0 Å². The zero-order valence-electron chi connectivity index (χ0n) is 10.2. The number of hydrogen-bond acceptors (Lipinski definition) is 3. The summed E-state index contributed by atoms with van der Waals surface area (Å²) in [5.74, 6) is 0. The Morgan fingerprint density at radius 2 is 2.00 bits per heavy atom. The highest BCUT2D eigenvalue weighted by molar-refractivity contribution is 5.38. The first-order valence-corrected chi connectivity index (χ1v) is 5.79. The highest BCUT2D eigenvalue weighted by Gasteiger charge is 2.09. The van der Waals surface area contributed by atoms with Crippen LogP contribution in [0.15, 0.2) is 24.3 Å². The summed E-state index contributed by atoms with van der Waals surface area (Å²) < 4.78 is 5.21. The quantitative estimate of drug-likeness (QED) is 0.714. The second-order valence-electron chi connectivity index (χ2n) is 4.11. The van der Waals surface area contributed by atoms with Gasteiger partial charge < -0.3 is 15.8 Å². The SMILES string of the molecule is CNC1CCCOC1.Cc1ccc(N)cc1. The molecule has 0 aliphatic carbocycles. The van der Waals surface area contributed by atoms with Gasteiger partial charge in [0.25, 0.3) is 0 Å². The molecule has 3 N–H and O–H groups in total. The van der Waals surface area contributed by atoms with E-state index < -0.39 is 0 Å². The van der Waals surface area contributed by atoms with E-state index in [9.17, 15) is 0 Å². The fraction of sp³-hybridized carbons (Fsp3) is 0.538. The first-order chi connectivity index (χ1) is 7.72. The van der Waals surface area contributed by atoms with Gasteiger partial charge in [-0.15, -0.1) is 0 Å². The summed E-state index contributed by atoms with van der Waals surface area (Å²) in [6.45, 7) is 3.90. The summed E-state index contributed by atoms with van der Waals surface area (Å²) >= 11 is 0. The summed E-state index contributed by atoms with van der Waals surface area (Å²) in [7, 11) is 1.99. The van der Waals surface area contributed by atoms with E-state index in [1.54, 1.807) is 0 Å². The number of aryl methyl sites for hydroxylation is 1. The Labute approximate surface area is 98.0 Å². The molecule has 0 saturated carbocycles. The minimum Gasteiger partial charge on any atom is -0.399 e. The van der Waals surface area contributed by atoms with Crippen LogP contribution in [0.5, 0.6) is 0 Å². The van der Waals surface area contributed by atoms with Crippen LogP contribution < -0.4 is 11.1 Å². The average molecular weight is 222 g/mol. The molecule has 1 unspecified atom stereocenters. The average Bonchev–Trinajstić information content (AvgIpc) is 2.35. The van der Waals surface area contributed by atoms with E-state index in [0.717, 1.165) is 18.9 Å². The molecular weight excluding hydrogens is 200 g/mol. The van der Waals surface area contributed by atoms with Crippen LogP contribution in [-0.4, -0.2) is 26.3 Å². The van der Waals surface area contributed by atoms with Crippen LogP contribution in [0.1, 0.15) is 18.4 Å². The first-order valence-electron chi connectivity index (χ1n) is 5.79. The molecule has 1 aliphatic heterocycles. The van der Waals surface area contributed by atoms with Crippen molar-refractivity contribution in [3.05, 3.63) is 29.8 Å². The lowest BCUT2D eigenvalue weighted by Crippen LogP contribution is -2.33. The monoisotopic (exact) mass is 222 g/mol. The molecule has 2 rings (SSSR count). The number of nitrogens with one attached hydrogen (secondary N) is 1. The van der Waals surface area contributed by atoms with E-state index >= 15 is 0 Å². The van der Waals surface area contributed by atoms with Crippen molar-refractivity contribution in [3.63, 3.8) is 0 Å². The third-order valence-electron chi connectivity index (χ3n) is 2.65. The van der Waals surface area contributed by atoms with E-state index in [4.69, 9.17) is 10.5 Å². The Kier molecular flexibility index (Phi) is 5.90. The van der Waals surface area contributed by atoms with Crippen molar-refractivity contribution in [1.29, 1.82) is 0 Å². The van der Waals surface area contributed by atoms with Crippen molar-refractivity contribution < 1.29 is 4.74 Å². The molecule has 1 fully saturated rings. The molecule has 3 heteroatoms. The Morgan fingerprint density at radius 3 is 2.38 bits per heavy atom. The molecule has 1 heterocycles. The molecule has 0 radical (unpaired) electrons. The third kappa shape index (κ3) is 5.14. The number of nitrogen functional groups attached to an aromatic ring is 1. The van der Waals surface area contributed by atoms with Crippen molar-refractivity contribution in [2.24, 2.45) is 0 Å². The number of ether oxygens (including phenoxy) is 1. The van der Waals surface area contributed by atoms with E-state index in [1.807, 2.05) is 38.2 Å². The fourth-order valence-electron chi connectivity index (χ4n) is 1.53. The molecule has 90 valence electrons. The Hall–Kier alpha value is -1.06. The van der Waals surface area contributed by atoms with Crippen molar-refractivity contribution in [1.82, 2.24) is 5.32 Å². The van der Waals surface area contributed by atoms with Crippen molar-refractivity contribution in [2.45, 2.75) is 25.8 Å². The maximum Gasteiger partial charge on any atom is 0.0619 e. The van der Waals surface area contributed by atoms with Gasteiger partial charge in [-0.05, 0) is 38.9 Å². The molecule has 1 atom stereocenters. The van der Waals surface area contributed by atoms with Gasteiger partial charge in [0.2, 0.25) is 0 Å². The van der Waals surface area contributed by atoms with Gasteiger partial charge in [-0.3, -0.25) is 0 Å². The first kappa shape index (κ1) is 13.0. The minimum absolute atomic E-state index is 0.615. The van der Waals surface area contributed by atoms with Gasteiger partial charge in [-0.1, -0.05) is 17.7 Å². The number of anilines is 1. The second kappa shape index (κ2) is 7.25. The smallest absolute Gasteiger partial charge is 0.0619 e. The van der Waals surface area contributed by atoms with Gasteiger partial charge in [0.05, 0.1) is 6.61 Å². The molecule has 0 bridgehead atoms. The molecule has 1 aromatic carbocycles. The summed E-state index contributed by atoms with van der Waals surface area (Å²) in [5.41, 5.74) is 7.51. The molecule has 1 aromatic rings. The van der Waals surface area contributed by atoms with Gasteiger partial charge in [0.15, 0.2) is 0 Å². The number of hydrogen-bond donors (Lipinski definition) is 2. The van der Waals surface area contributed by atoms with E-state index in [1.165, 1.54) is 18.4 Å². The fourth-order valence-corrected chi connectivity index (χ4v) is 1.53. The van der Waals surface area contributed by atoms with Gasteiger partial charge in [-0.2, -0.15) is 0 Å². The number of benzene rings is 1. The summed E-state index contributed by atoms with van der Waals surface area (Å²) in [5, 5.41) is 3.18. The van der Waals surface area contributed by atoms with Crippen LogP contribution in [0.25, 0.3) is 0 Å². The minimum atomic E-state index is 0.615. The topological polar surface area (TPSA) is 47.3 Å². The van der Waals surface area contributed by atoms with E-state index in [2.05, 4.69) is 5.32 Å². The lowest BCUT2D eigenvalue weighted by atomic mass is 10.1. The molecule has 0 spiro atoms.